The van der Waals surface area contributed by atoms with Crippen molar-refractivity contribution in [1.29, 1.82) is 0 Å². The first-order valence-electron chi connectivity index (χ1n) is 4.89. The number of aromatic amines is 1. The molecule has 5 nitrogen and oxygen atoms in total. The molecule has 0 saturated carbocycles. The highest BCUT2D eigenvalue weighted by atomic mass is 15.2. The molecule has 0 aliphatic carbocycles. The Morgan fingerprint density at radius 3 is 2.73 bits per heavy atom. The van der Waals surface area contributed by atoms with E-state index in [1.165, 1.54) is 0 Å². The fourth-order valence-corrected chi connectivity index (χ4v) is 1.57. The van der Waals surface area contributed by atoms with Gasteiger partial charge in [-0.15, -0.1) is 0 Å². The molecule has 0 radical (unpaired) electrons. The second-order valence-electron chi connectivity index (χ2n) is 3.77. The lowest BCUT2D eigenvalue weighted by Crippen LogP contribution is -2.06. The van der Waals surface area contributed by atoms with Crippen molar-refractivity contribution in [2.24, 2.45) is 12.8 Å². The Labute approximate surface area is 88.3 Å². The molecule has 5 heteroatoms. The lowest BCUT2D eigenvalue weighted by Gasteiger charge is -1.98. The molecule has 2 aromatic rings. The highest BCUT2D eigenvalue weighted by Gasteiger charge is 2.10. The van der Waals surface area contributed by atoms with Gasteiger partial charge in [0.2, 0.25) is 0 Å². The molecule has 2 rings (SSSR count). The van der Waals surface area contributed by atoms with Gasteiger partial charge < -0.3 is 10.7 Å². The first-order valence-corrected chi connectivity index (χ1v) is 4.89. The Morgan fingerprint density at radius 1 is 1.53 bits per heavy atom. The van der Waals surface area contributed by atoms with Crippen LogP contribution in [0.2, 0.25) is 0 Å². The monoisotopic (exact) mass is 205 g/mol. The van der Waals surface area contributed by atoms with E-state index in [0.717, 1.165) is 22.8 Å². The number of hydrogen-bond donors (Lipinski definition) is 2. The van der Waals surface area contributed by atoms with Crippen LogP contribution in [0.3, 0.4) is 0 Å². The van der Waals surface area contributed by atoms with E-state index in [1.54, 1.807) is 10.9 Å². The van der Waals surface area contributed by atoms with Crippen LogP contribution in [0.1, 0.15) is 24.5 Å². The second-order valence-corrected chi connectivity index (χ2v) is 3.77. The zero-order chi connectivity index (χ0) is 11.0. The molecule has 1 atom stereocenters. The standard InChI is InChI=1S/C10H15N5/c1-6(11)10-12-4-9(13-10)8-5-15(3)14-7(8)2/h4-6H,11H2,1-3H3,(H,12,13). The zero-order valence-electron chi connectivity index (χ0n) is 9.15. The number of nitrogens with one attached hydrogen (secondary N) is 1. The Balaban J connectivity index is 2.41. The Kier molecular flexibility index (Phi) is 2.32. The largest absolute Gasteiger partial charge is 0.341 e. The SMILES string of the molecule is Cc1nn(C)cc1-c1cnc(C(C)N)[nH]1. The number of nitrogens with two attached hydrogens (primary N) is 1. The minimum atomic E-state index is -0.0734. The van der Waals surface area contributed by atoms with E-state index in [9.17, 15) is 0 Å². The number of aryl methyl sites for hydroxylation is 2. The lowest BCUT2D eigenvalue weighted by atomic mass is 10.2. The van der Waals surface area contributed by atoms with Gasteiger partial charge in [-0.05, 0) is 13.8 Å². The smallest absolute Gasteiger partial charge is 0.123 e. The molecule has 0 amide bonds. The fourth-order valence-electron chi connectivity index (χ4n) is 1.57. The quantitative estimate of drug-likeness (QED) is 0.772. The summed E-state index contributed by atoms with van der Waals surface area (Å²) in [4.78, 5) is 7.42. The van der Waals surface area contributed by atoms with Crippen LogP contribution >= 0.6 is 0 Å². The molecule has 0 aromatic carbocycles. The third-order valence-electron chi connectivity index (χ3n) is 2.33. The van der Waals surface area contributed by atoms with E-state index >= 15 is 0 Å². The van der Waals surface area contributed by atoms with Gasteiger partial charge in [-0.25, -0.2) is 4.98 Å². The van der Waals surface area contributed by atoms with Gasteiger partial charge in [0, 0.05) is 18.8 Å². The van der Waals surface area contributed by atoms with Crippen LogP contribution in [0.15, 0.2) is 12.4 Å². The summed E-state index contributed by atoms with van der Waals surface area (Å²) in [6, 6.07) is -0.0734. The maximum absolute atomic E-state index is 5.73. The predicted molar refractivity (Wildman–Crippen MR) is 58.1 cm³/mol. The van der Waals surface area contributed by atoms with Crippen molar-refractivity contribution in [2.75, 3.05) is 0 Å². The average Bonchev–Trinajstić information content (AvgIpc) is 2.71. The fraction of sp³-hybridized carbons (Fsp3) is 0.400. The van der Waals surface area contributed by atoms with Crippen LogP contribution in [-0.2, 0) is 7.05 Å². The van der Waals surface area contributed by atoms with Crippen LogP contribution in [0, 0.1) is 6.92 Å². The maximum atomic E-state index is 5.73. The molecule has 80 valence electrons. The summed E-state index contributed by atoms with van der Waals surface area (Å²) in [5, 5.41) is 4.28. The van der Waals surface area contributed by atoms with Gasteiger partial charge >= 0.3 is 0 Å². The van der Waals surface area contributed by atoms with Crippen molar-refractivity contribution in [2.45, 2.75) is 19.9 Å². The summed E-state index contributed by atoms with van der Waals surface area (Å²) < 4.78 is 1.79. The van der Waals surface area contributed by atoms with Crippen molar-refractivity contribution < 1.29 is 0 Å². The van der Waals surface area contributed by atoms with Crippen molar-refractivity contribution in [1.82, 2.24) is 19.7 Å². The first kappa shape index (κ1) is 9.92. The number of aromatic nitrogens is 4. The summed E-state index contributed by atoms with van der Waals surface area (Å²) in [6.07, 6.45) is 3.76. The molecular formula is C10H15N5. The number of H-pyrrole nitrogens is 1. The summed E-state index contributed by atoms with van der Waals surface area (Å²) >= 11 is 0. The Hall–Kier alpha value is -1.62. The van der Waals surface area contributed by atoms with E-state index in [-0.39, 0.29) is 6.04 Å². The predicted octanol–water partition coefficient (Wildman–Crippen LogP) is 1.14. The Morgan fingerprint density at radius 2 is 2.27 bits per heavy atom. The van der Waals surface area contributed by atoms with E-state index in [0.29, 0.717) is 0 Å². The summed E-state index contributed by atoms with van der Waals surface area (Å²) in [5.74, 6) is 0.799. The summed E-state index contributed by atoms with van der Waals surface area (Å²) in [7, 11) is 1.90. The van der Waals surface area contributed by atoms with E-state index in [2.05, 4.69) is 15.1 Å². The molecule has 1 unspecified atom stereocenters. The van der Waals surface area contributed by atoms with Gasteiger partial charge in [-0.3, -0.25) is 4.68 Å². The minimum absolute atomic E-state index is 0.0734. The molecular weight excluding hydrogens is 190 g/mol. The average molecular weight is 205 g/mol. The summed E-state index contributed by atoms with van der Waals surface area (Å²) in [5.41, 5.74) is 8.75. The van der Waals surface area contributed by atoms with E-state index in [4.69, 9.17) is 5.73 Å². The van der Waals surface area contributed by atoms with Gasteiger partial charge in [0.05, 0.1) is 23.6 Å². The van der Waals surface area contributed by atoms with Crippen LogP contribution in [0.25, 0.3) is 11.3 Å². The van der Waals surface area contributed by atoms with E-state index in [1.807, 2.05) is 27.1 Å². The maximum Gasteiger partial charge on any atom is 0.123 e. The highest BCUT2D eigenvalue weighted by molar-refractivity contribution is 5.60. The van der Waals surface area contributed by atoms with Crippen molar-refractivity contribution in [3.63, 3.8) is 0 Å². The first-order chi connectivity index (χ1) is 7.08. The van der Waals surface area contributed by atoms with Crippen LogP contribution in [0.5, 0.6) is 0 Å². The van der Waals surface area contributed by atoms with Gasteiger partial charge in [-0.2, -0.15) is 5.10 Å². The molecule has 2 heterocycles. The number of nitrogens with zero attached hydrogens (tertiary/aromatic N) is 3. The number of imidazole rings is 1. The third kappa shape index (κ3) is 1.78. The van der Waals surface area contributed by atoms with Gasteiger partial charge in [0.1, 0.15) is 5.82 Å². The molecule has 2 aromatic heterocycles. The molecule has 0 aliphatic heterocycles. The highest BCUT2D eigenvalue weighted by Crippen LogP contribution is 2.21. The minimum Gasteiger partial charge on any atom is -0.341 e. The van der Waals surface area contributed by atoms with Crippen molar-refractivity contribution >= 4 is 0 Å². The molecule has 0 bridgehead atoms. The summed E-state index contributed by atoms with van der Waals surface area (Å²) in [6.45, 7) is 3.88. The molecule has 0 saturated heterocycles. The van der Waals surface area contributed by atoms with Gasteiger partial charge in [0.15, 0.2) is 0 Å². The number of hydrogen-bond acceptors (Lipinski definition) is 3. The van der Waals surface area contributed by atoms with Gasteiger partial charge in [-0.1, -0.05) is 0 Å². The second kappa shape index (κ2) is 3.51. The van der Waals surface area contributed by atoms with E-state index < -0.39 is 0 Å². The molecule has 0 aliphatic rings. The van der Waals surface area contributed by atoms with Crippen molar-refractivity contribution in [3.8, 4) is 11.3 Å². The van der Waals surface area contributed by atoms with Crippen LogP contribution in [-0.4, -0.2) is 19.7 Å². The zero-order valence-corrected chi connectivity index (χ0v) is 9.15. The lowest BCUT2D eigenvalue weighted by molar-refractivity contribution is 0.756. The number of rotatable bonds is 2. The van der Waals surface area contributed by atoms with Gasteiger partial charge in [0.25, 0.3) is 0 Å². The van der Waals surface area contributed by atoms with Crippen molar-refractivity contribution in [3.05, 3.63) is 23.9 Å². The Bertz CT molecular complexity index is 466. The molecule has 0 spiro atoms. The van der Waals surface area contributed by atoms with Crippen LogP contribution < -0.4 is 5.73 Å². The topological polar surface area (TPSA) is 72.5 Å². The molecule has 3 N–H and O–H groups in total. The molecule has 0 fully saturated rings. The normalized spacial score (nSPS) is 13.1. The molecule has 15 heavy (non-hydrogen) atoms. The third-order valence-corrected chi connectivity index (χ3v) is 2.33. The van der Waals surface area contributed by atoms with Crippen LogP contribution in [0.4, 0.5) is 0 Å².